The summed E-state index contributed by atoms with van der Waals surface area (Å²) < 4.78 is 6.12. The lowest BCUT2D eigenvalue weighted by atomic mass is 10.1. The van der Waals surface area contributed by atoms with Crippen molar-refractivity contribution in [3.05, 3.63) is 12.7 Å². The van der Waals surface area contributed by atoms with Crippen molar-refractivity contribution in [2.75, 3.05) is 33.3 Å². The van der Waals surface area contributed by atoms with Gasteiger partial charge in [0.15, 0.2) is 0 Å². The zero-order valence-corrected chi connectivity index (χ0v) is 19.3. The summed E-state index contributed by atoms with van der Waals surface area (Å²) in [6.07, 6.45) is 17.9. The molecule has 0 saturated heterocycles. The molecule has 0 N–H and O–H groups in total. The third-order valence-electron chi connectivity index (χ3n) is 5.36. The van der Waals surface area contributed by atoms with Crippen molar-refractivity contribution in [3.63, 3.8) is 0 Å². The van der Waals surface area contributed by atoms with Gasteiger partial charge in [-0.05, 0) is 19.8 Å². The maximum Gasteiger partial charge on any atom is 0.330 e. The van der Waals surface area contributed by atoms with Gasteiger partial charge >= 0.3 is 5.97 Å². The Morgan fingerprint density at radius 3 is 1.73 bits per heavy atom. The second-order valence-corrected chi connectivity index (χ2v) is 7.64. The van der Waals surface area contributed by atoms with Gasteiger partial charge in [0.05, 0.1) is 20.1 Å². The molecule has 0 aliphatic heterocycles. The third-order valence-corrected chi connectivity index (χ3v) is 5.36. The number of unbranched alkanes of at least 4 members (excludes halogenated alkanes) is 11. The molecular formula is C22H44BrNO2. The van der Waals surface area contributed by atoms with Gasteiger partial charge in [0, 0.05) is 6.08 Å². The molecule has 3 nitrogen and oxygen atoms in total. The lowest BCUT2D eigenvalue weighted by Crippen LogP contribution is -3.00. The van der Waals surface area contributed by atoms with Crippen LogP contribution in [0.5, 0.6) is 0 Å². The summed E-state index contributed by atoms with van der Waals surface area (Å²) in [6.45, 7) is 11.6. The minimum Gasteiger partial charge on any atom is -1.00 e. The highest BCUT2D eigenvalue weighted by molar-refractivity contribution is 5.81. The number of esters is 1. The lowest BCUT2D eigenvalue weighted by molar-refractivity contribution is -0.908. The summed E-state index contributed by atoms with van der Waals surface area (Å²) in [5.41, 5.74) is 0. The highest BCUT2D eigenvalue weighted by atomic mass is 79.9. The molecule has 0 aromatic carbocycles. The third kappa shape index (κ3) is 17.1. The van der Waals surface area contributed by atoms with Crippen molar-refractivity contribution in [3.8, 4) is 0 Å². The van der Waals surface area contributed by atoms with E-state index in [1.54, 1.807) is 0 Å². The van der Waals surface area contributed by atoms with Crippen molar-refractivity contribution in [1.29, 1.82) is 0 Å². The zero-order chi connectivity index (χ0) is 18.8. The van der Waals surface area contributed by atoms with Crippen LogP contribution in [0.15, 0.2) is 12.7 Å². The van der Waals surface area contributed by atoms with Gasteiger partial charge in [0.1, 0.15) is 13.2 Å². The molecular weight excluding hydrogens is 390 g/mol. The molecule has 4 heteroatoms. The Morgan fingerprint density at radius 2 is 1.31 bits per heavy atom. The number of hydrogen-bond donors (Lipinski definition) is 0. The summed E-state index contributed by atoms with van der Waals surface area (Å²) in [4.78, 5) is 11.1. The van der Waals surface area contributed by atoms with Gasteiger partial charge in [-0.15, -0.1) is 0 Å². The van der Waals surface area contributed by atoms with Gasteiger partial charge < -0.3 is 26.2 Å². The summed E-state index contributed by atoms with van der Waals surface area (Å²) in [5, 5.41) is 0. The fraction of sp³-hybridized carbons (Fsp3) is 0.864. The quantitative estimate of drug-likeness (QED) is 0.144. The van der Waals surface area contributed by atoms with Crippen LogP contribution < -0.4 is 17.0 Å². The SMILES string of the molecule is C=CC(=O)OCC[N+](C)(CC)CCCCCCCCCCCCCC.[Br-]. The second kappa shape index (κ2) is 19.4. The summed E-state index contributed by atoms with van der Waals surface area (Å²) >= 11 is 0. The Bertz CT molecular complexity index is 336. The number of carbonyl (C=O) groups excluding carboxylic acids is 1. The van der Waals surface area contributed by atoms with E-state index >= 15 is 0 Å². The minimum absolute atomic E-state index is 0. The molecule has 0 aromatic rings. The van der Waals surface area contributed by atoms with E-state index in [-0.39, 0.29) is 23.0 Å². The Hall–Kier alpha value is -0.350. The number of carbonyl (C=O) groups is 1. The summed E-state index contributed by atoms with van der Waals surface area (Å²) in [7, 11) is 2.26. The molecule has 1 atom stereocenters. The van der Waals surface area contributed by atoms with E-state index in [0.29, 0.717) is 6.61 Å². The minimum atomic E-state index is -0.312. The molecule has 26 heavy (non-hydrogen) atoms. The van der Waals surface area contributed by atoms with Gasteiger partial charge in [-0.3, -0.25) is 0 Å². The molecule has 0 bridgehead atoms. The largest absolute Gasteiger partial charge is 1.00 e. The Balaban J connectivity index is 0. The summed E-state index contributed by atoms with van der Waals surface area (Å²) in [6, 6.07) is 0. The van der Waals surface area contributed by atoms with Gasteiger partial charge in [-0.1, -0.05) is 77.7 Å². The molecule has 0 amide bonds. The Labute approximate surface area is 173 Å². The molecule has 0 heterocycles. The standard InChI is InChI=1S/C22H44NO2.BrH/c1-5-8-9-10-11-12-13-14-15-16-17-18-19-23(4,7-3)20-21-25-22(24)6-2;/h6H,2,5,7-21H2,1,3-4H3;1H/q+1;/p-1. The predicted molar refractivity (Wildman–Crippen MR) is 109 cm³/mol. The van der Waals surface area contributed by atoms with Crippen LogP contribution in [-0.2, 0) is 9.53 Å². The van der Waals surface area contributed by atoms with Crippen LogP contribution >= 0.6 is 0 Å². The molecule has 0 aliphatic rings. The molecule has 0 fully saturated rings. The second-order valence-electron chi connectivity index (χ2n) is 7.64. The number of quaternary nitrogens is 1. The maximum absolute atomic E-state index is 11.1. The Kier molecular flexibility index (Phi) is 20.8. The van der Waals surface area contributed by atoms with Crippen molar-refractivity contribution >= 4 is 5.97 Å². The van der Waals surface area contributed by atoms with Crippen LogP contribution in [0.1, 0.15) is 90.9 Å². The van der Waals surface area contributed by atoms with Gasteiger partial charge in [-0.25, -0.2) is 4.79 Å². The molecule has 0 aromatic heterocycles. The molecule has 0 rings (SSSR count). The predicted octanol–water partition coefficient (Wildman–Crippen LogP) is 2.89. The van der Waals surface area contributed by atoms with E-state index in [1.807, 2.05) is 0 Å². The molecule has 0 aliphatic carbocycles. The Morgan fingerprint density at radius 1 is 0.846 bits per heavy atom. The normalized spacial score (nSPS) is 12.9. The van der Waals surface area contributed by atoms with Crippen LogP contribution in [0.25, 0.3) is 0 Å². The van der Waals surface area contributed by atoms with Crippen LogP contribution in [0.2, 0.25) is 0 Å². The highest BCUT2D eigenvalue weighted by Crippen LogP contribution is 2.13. The average Bonchev–Trinajstić information content (AvgIpc) is 2.62. The first-order valence-corrected chi connectivity index (χ1v) is 10.7. The van der Waals surface area contributed by atoms with Crippen molar-refractivity contribution in [1.82, 2.24) is 0 Å². The molecule has 1 unspecified atom stereocenters. The van der Waals surface area contributed by atoms with Crippen LogP contribution in [0.3, 0.4) is 0 Å². The number of halogens is 1. The van der Waals surface area contributed by atoms with E-state index in [9.17, 15) is 4.79 Å². The fourth-order valence-electron chi connectivity index (χ4n) is 3.19. The molecule has 0 saturated carbocycles. The first-order chi connectivity index (χ1) is 12.1. The lowest BCUT2D eigenvalue weighted by Gasteiger charge is -2.33. The smallest absolute Gasteiger partial charge is 0.330 e. The average molecular weight is 435 g/mol. The summed E-state index contributed by atoms with van der Waals surface area (Å²) in [5.74, 6) is -0.312. The highest BCUT2D eigenvalue weighted by Gasteiger charge is 2.18. The van der Waals surface area contributed by atoms with Crippen LogP contribution in [-0.4, -0.2) is 43.7 Å². The number of nitrogens with zero attached hydrogens (tertiary/aromatic N) is 1. The first kappa shape index (κ1) is 27.9. The number of ether oxygens (including phenoxy) is 1. The number of hydrogen-bond acceptors (Lipinski definition) is 2. The number of likely N-dealkylation sites (N-methyl/N-ethyl adjacent to an activating group) is 1. The van der Waals surface area contributed by atoms with Crippen LogP contribution in [0, 0.1) is 0 Å². The van der Waals surface area contributed by atoms with E-state index in [1.165, 1.54) is 89.7 Å². The molecule has 0 spiro atoms. The van der Waals surface area contributed by atoms with E-state index in [2.05, 4.69) is 27.5 Å². The van der Waals surface area contributed by atoms with Gasteiger partial charge in [0.25, 0.3) is 0 Å². The van der Waals surface area contributed by atoms with E-state index in [0.717, 1.165) is 17.6 Å². The van der Waals surface area contributed by atoms with Crippen molar-refractivity contribution in [2.24, 2.45) is 0 Å². The van der Waals surface area contributed by atoms with Crippen molar-refractivity contribution < 1.29 is 31.0 Å². The van der Waals surface area contributed by atoms with Crippen LogP contribution in [0.4, 0.5) is 0 Å². The fourth-order valence-corrected chi connectivity index (χ4v) is 3.19. The topological polar surface area (TPSA) is 26.3 Å². The van der Waals surface area contributed by atoms with Gasteiger partial charge in [-0.2, -0.15) is 0 Å². The number of rotatable bonds is 18. The van der Waals surface area contributed by atoms with Crippen molar-refractivity contribution in [2.45, 2.75) is 90.9 Å². The molecule has 156 valence electrons. The zero-order valence-electron chi connectivity index (χ0n) is 17.7. The monoisotopic (exact) mass is 433 g/mol. The van der Waals surface area contributed by atoms with Gasteiger partial charge in [0.2, 0.25) is 0 Å². The van der Waals surface area contributed by atoms with E-state index < -0.39 is 0 Å². The molecule has 0 radical (unpaired) electrons. The first-order valence-electron chi connectivity index (χ1n) is 10.7. The maximum atomic E-state index is 11.1. The van der Waals surface area contributed by atoms with E-state index in [4.69, 9.17) is 4.74 Å².